The van der Waals surface area contributed by atoms with Crippen LogP contribution in [-0.2, 0) is 0 Å². The smallest absolute Gasteiger partial charge is 0.146 e. The molecule has 4 nitrogen and oxygen atoms in total. The predicted molar refractivity (Wildman–Crippen MR) is 234 cm³/mol. The maximum absolute atomic E-state index is 5.11. The van der Waals surface area contributed by atoms with Crippen LogP contribution in [-0.4, -0.2) is 9.97 Å². The molecule has 0 amide bonds. The molecule has 9 rings (SSSR count). The van der Waals surface area contributed by atoms with Crippen LogP contribution in [0.1, 0.15) is 44.4 Å². The van der Waals surface area contributed by atoms with E-state index in [4.69, 9.17) is 9.97 Å². The molecule has 6 heteroatoms. The average Bonchev–Trinajstić information content (AvgIpc) is 3.94. The minimum atomic E-state index is 0.917. The summed E-state index contributed by atoms with van der Waals surface area (Å²) in [6, 6.07) is 41.6. The lowest BCUT2D eigenvalue weighted by Gasteiger charge is -2.32. The summed E-state index contributed by atoms with van der Waals surface area (Å²) in [5, 5.41) is 15.7. The lowest BCUT2D eigenvalue weighted by molar-refractivity contribution is 1.22. The highest BCUT2D eigenvalue weighted by Gasteiger charge is 2.29. The molecule has 0 radical (unpaired) electrons. The first kappa shape index (κ1) is 35.8. The van der Waals surface area contributed by atoms with Crippen LogP contribution in [0.2, 0.25) is 0 Å². The molecule has 4 heterocycles. The third-order valence-electron chi connectivity index (χ3n) is 9.46. The van der Waals surface area contributed by atoms with E-state index in [0.717, 1.165) is 65.3 Å². The number of thiophene rings is 2. The van der Waals surface area contributed by atoms with Gasteiger partial charge >= 0.3 is 0 Å². The van der Waals surface area contributed by atoms with Gasteiger partial charge in [-0.1, -0.05) is 93.9 Å². The lowest BCUT2D eigenvalue weighted by atomic mass is 9.92. The zero-order chi connectivity index (χ0) is 37.1. The first-order valence-electron chi connectivity index (χ1n) is 18.4. The Bertz CT molecular complexity index is 2650. The fourth-order valence-electron chi connectivity index (χ4n) is 7.04. The Morgan fingerprint density at radius 2 is 0.887 bits per heavy atom. The van der Waals surface area contributed by atoms with Gasteiger partial charge < -0.3 is 0 Å². The SMILES string of the molecule is CC.CC.Cc1ccc2c(N(c3cccs3)c3nccc4ccccc34)c3cc(C)c(C)cc3c(N(c3cccs3)c3nccc4ccccc34)c2c1. The van der Waals surface area contributed by atoms with Crippen molar-refractivity contribution in [3.8, 4) is 0 Å². The van der Waals surface area contributed by atoms with Crippen LogP contribution in [0, 0.1) is 20.8 Å². The normalized spacial score (nSPS) is 10.9. The summed E-state index contributed by atoms with van der Waals surface area (Å²) in [4.78, 5) is 15.0. The van der Waals surface area contributed by atoms with Gasteiger partial charge in [0.1, 0.15) is 21.6 Å². The second kappa shape index (κ2) is 15.6. The molecule has 0 atom stereocenters. The van der Waals surface area contributed by atoms with Gasteiger partial charge in [-0.25, -0.2) is 9.97 Å². The Morgan fingerprint density at radius 1 is 0.434 bits per heavy atom. The average molecular weight is 729 g/mol. The van der Waals surface area contributed by atoms with Gasteiger partial charge in [-0.2, -0.15) is 0 Å². The first-order valence-corrected chi connectivity index (χ1v) is 20.1. The first-order chi connectivity index (χ1) is 26.1. The molecule has 0 aliphatic rings. The molecule has 9 aromatic rings. The molecule has 0 fully saturated rings. The zero-order valence-electron chi connectivity index (χ0n) is 31.4. The Labute approximate surface area is 320 Å². The van der Waals surface area contributed by atoms with E-state index in [2.05, 4.69) is 157 Å². The molecule has 264 valence electrons. The number of rotatable bonds is 6. The molecule has 4 aromatic heterocycles. The Hall–Kier alpha value is -5.56. The molecule has 0 saturated heterocycles. The topological polar surface area (TPSA) is 32.3 Å². The molecular weight excluding hydrogens is 685 g/mol. The molecular formula is C47H44N4S2. The Balaban J connectivity index is 0.00000105. The number of fused-ring (bicyclic) bond motifs is 4. The minimum Gasteiger partial charge on any atom is -0.284 e. The van der Waals surface area contributed by atoms with Gasteiger partial charge in [0.2, 0.25) is 0 Å². The van der Waals surface area contributed by atoms with Crippen molar-refractivity contribution in [1.29, 1.82) is 0 Å². The van der Waals surface area contributed by atoms with Gasteiger partial charge in [-0.15, -0.1) is 22.7 Å². The van der Waals surface area contributed by atoms with E-state index in [-0.39, 0.29) is 0 Å². The molecule has 0 aliphatic carbocycles. The summed E-state index contributed by atoms with van der Waals surface area (Å²) < 4.78 is 0. The number of benzene rings is 5. The molecule has 0 spiro atoms. The Kier molecular flexibility index (Phi) is 10.5. The van der Waals surface area contributed by atoms with Crippen molar-refractivity contribution >= 4 is 98.8 Å². The minimum absolute atomic E-state index is 0.917. The summed E-state index contributed by atoms with van der Waals surface area (Å²) >= 11 is 3.46. The second-order valence-electron chi connectivity index (χ2n) is 12.5. The highest BCUT2D eigenvalue weighted by molar-refractivity contribution is 7.14. The van der Waals surface area contributed by atoms with Crippen molar-refractivity contribution in [3.05, 3.63) is 155 Å². The van der Waals surface area contributed by atoms with Gasteiger partial charge in [-0.3, -0.25) is 9.80 Å². The van der Waals surface area contributed by atoms with Crippen LogP contribution in [0.5, 0.6) is 0 Å². The zero-order valence-corrected chi connectivity index (χ0v) is 33.0. The van der Waals surface area contributed by atoms with Crippen LogP contribution >= 0.6 is 22.7 Å². The summed E-state index contributed by atoms with van der Waals surface area (Å²) in [7, 11) is 0. The van der Waals surface area contributed by atoms with Crippen LogP contribution in [0.4, 0.5) is 33.0 Å². The van der Waals surface area contributed by atoms with Crippen molar-refractivity contribution in [2.24, 2.45) is 0 Å². The summed E-state index contributed by atoms with van der Waals surface area (Å²) in [6.07, 6.45) is 3.86. The summed E-state index contributed by atoms with van der Waals surface area (Å²) in [6.45, 7) is 14.6. The highest BCUT2D eigenvalue weighted by atomic mass is 32.1. The maximum atomic E-state index is 5.11. The molecule has 5 aromatic carbocycles. The monoisotopic (exact) mass is 728 g/mol. The number of anilines is 6. The van der Waals surface area contributed by atoms with E-state index in [9.17, 15) is 0 Å². The van der Waals surface area contributed by atoms with E-state index in [0.29, 0.717) is 0 Å². The largest absolute Gasteiger partial charge is 0.284 e. The lowest BCUT2D eigenvalue weighted by Crippen LogP contribution is -2.15. The number of aryl methyl sites for hydroxylation is 3. The van der Waals surface area contributed by atoms with Gasteiger partial charge in [0.05, 0.1) is 11.4 Å². The molecule has 53 heavy (non-hydrogen) atoms. The van der Waals surface area contributed by atoms with E-state index >= 15 is 0 Å². The Morgan fingerprint density at radius 3 is 1.36 bits per heavy atom. The number of hydrogen-bond donors (Lipinski definition) is 0. The maximum Gasteiger partial charge on any atom is 0.146 e. The van der Waals surface area contributed by atoms with Crippen LogP contribution in [0.3, 0.4) is 0 Å². The fourth-order valence-corrected chi connectivity index (χ4v) is 8.51. The molecule has 0 bridgehead atoms. The van der Waals surface area contributed by atoms with E-state index < -0.39 is 0 Å². The van der Waals surface area contributed by atoms with Crippen LogP contribution in [0.25, 0.3) is 43.1 Å². The molecule has 0 unspecified atom stereocenters. The standard InChI is InChI=1S/C43H32N4S2.2C2H6/c1-27-16-17-34-35(24-27)41(47(39-15-9-23-49-39)43-33-13-7-5-11-31(33)19-21-45-43)37-26-29(3)28(2)25-36(37)40(34)46(38-14-8-22-48-38)42-32-12-6-4-10-30(32)18-20-44-42;2*1-2/h4-26H,1-3H3;2*1-2H3. The third-order valence-corrected chi connectivity index (χ3v) is 11.2. The summed E-state index contributed by atoms with van der Waals surface area (Å²) in [5.41, 5.74) is 5.94. The molecule has 0 aliphatic heterocycles. The van der Waals surface area contributed by atoms with Gasteiger partial charge in [0, 0.05) is 44.7 Å². The van der Waals surface area contributed by atoms with Crippen molar-refractivity contribution in [2.45, 2.75) is 48.5 Å². The number of hydrogen-bond acceptors (Lipinski definition) is 6. The second-order valence-corrected chi connectivity index (χ2v) is 14.4. The van der Waals surface area contributed by atoms with Crippen molar-refractivity contribution in [1.82, 2.24) is 9.97 Å². The molecule has 0 N–H and O–H groups in total. The van der Waals surface area contributed by atoms with Crippen LogP contribution in [0.15, 0.2) is 138 Å². The number of nitrogens with zero attached hydrogens (tertiary/aromatic N) is 4. The predicted octanol–water partition coefficient (Wildman–Crippen LogP) is 15.1. The molecule has 0 saturated carbocycles. The van der Waals surface area contributed by atoms with E-state index in [1.165, 1.54) is 27.5 Å². The van der Waals surface area contributed by atoms with E-state index in [1.807, 2.05) is 40.1 Å². The van der Waals surface area contributed by atoms with Crippen molar-refractivity contribution < 1.29 is 0 Å². The van der Waals surface area contributed by atoms with E-state index in [1.54, 1.807) is 22.7 Å². The number of aromatic nitrogens is 2. The number of pyridine rings is 2. The van der Waals surface area contributed by atoms with Gasteiger partial charge in [0.25, 0.3) is 0 Å². The highest BCUT2D eigenvalue weighted by Crippen LogP contribution is 2.53. The van der Waals surface area contributed by atoms with Crippen molar-refractivity contribution in [2.75, 3.05) is 9.80 Å². The van der Waals surface area contributed by atoms with Gasteiger partial charge in [0.15, 0.2) is 0 Å². The quantitative estimate of drug-likeness (QED) is 0.126. The summed E-state index contributed by atoms with van der Waals surface area (Å²) in [5.74, 6) is 1.84. The fraction of sp³-hybridized carbons (Fsp3) is 0.149. The third kappa shape index (κ3) is 6.43. The van der Waals surface area contributed by atoms with Crippen LogP contribution < -0.4 is 9.80 Å². The van der Waals surface area contributed by atoms with Crippen molar-refractivity contribution in [3.63, 3.8) is 0 Å². The van der Waals surface area contributed by atoms with Gasteiger partial charge in [-0.05, 0) is 108 Å².